The molecule has 1 aromatic carbocycles. The minimum absolute atomic E-state index is 0.504. The van der Waals surface area contributed by atoms with Gasteiger partial charge in [-0.3, -0.25) is 0 Å². The van der Waals surface area contributed by atoms with Crippen molar-refractivity contribution < 1.29 is 18.3 Å². The maximum atomic E-state index is 12.8. The lowest BCUT2D eigenvalue weighted by Gasteiger charge is -2.22. The van der Waals surface area contributed by atoms with Crippen LogP contribution in [0.2, 0.25) is 0 Å². The van der Waals surface area contributed by atoms with Gasteiger partial charge in [-0.15, -0.1) is 0 Å². The molecule has 1 aliphatic heterocycles. The van der Waals surface area contributed by atoms with Crippen LogP contribution in [0.25, 0.3) is 17.0 Å². The second kappa shape index (κ2) is 6.50. The van der Waals surface area contributed by atoms with E-state index in [-0.39, 0.29) is 0 Å². The van der Waals surface area contributed by atoms with E-state index in [4.69, 9.17) is 0 Å². The molecule has 1 aromatic heterocycles. The molecule has 3 nitrogen and oxygen atoms in total. The summed E-state index contributed by atoms with van der Waals surface area (Å²) in [5, 5.41) is 10.6. The summed E-state index contributed by atoms with van der Waals surface area (Å²) in [7, 11) is 2.12. The van der Waals surface area contributed by atoms with Gasteiger partial charge in [-0.25, -0.2) is 0 Å². The molecular formula is C19H23F3N2O. The molecule has 3 rings (SSSR count). The van der Waals surface area contributed by atoms with Crippen LogP contribution >= 0.6 is 0 Å². The summed E-state index contributed by atoms with van der Waals surface area (Å²) >= 11 is 0. The summed E-state index contributed by atoms with van der Waals surface area (Å²) in [4.78, 5) is 5.58. The molecule has 0 aliphatic carbocycles. The van der Waals surface area contributed by atoms with Crippen molar-refractivity contribution in [1.29, 1.82) is 0 Å². The monoisotopic (exact) mass is 352 g/mol. The van der Waals surface area contributed by atoms with Crippen LogP contribution < -0.4 is 0 Å². The van der Waals surface area contributed by atoms with Crippen molar-refractivity contribution in [2.24, 2.45) is 0 Å². The number of aliphatic hydroxyl groups is 1. The van der Waals surface area contributed by atoms with Gasteiger partial charge in [-0.05, 0) is 69.1 Å². The number of benzene rings is 1. The molecule has 0 radical (unpaired) electrons. The molecule has 0 spiro atoms. The first kappa shape index (κ1) is 18.0. The summed E-state index contributed by atoms with van der Waals surface area (Å²) in [5.41, 5.74) is -0.0604. The molecule has 136 valence electrons. The molecular weight excluding hydrogens is 329 g/mol. The minimum Gasteiger partial charge on any atom is -0.377 e. The van der Waals surface area contributed by atoms with E-state index in [2.05, 4.69) is 16.9 Å². The number of alkyl halides is 3. The minimum atomic E-state index is -4.69. The highest BCUT2D eigenvalue weighted by Crippen LogP contribution is 2.32. The average molecular weight is 352 g/mol. The predicted octanol–water partition coefficient (Wildman–Crippen LogP) is 4.13. The van der Waals surface area contributed by atoms with Crippen LogP contribution in [0.5, 0.6) is 0 Å². The van der Waals surface area contributed by atoms with Crippen LogP contribution in [-0.2, 0) is 6.42 Å². The van der Waals surface area contributed by atoms with Crippen molar-refractivity contribution in [3.63, 3.8) is 0 Å². The van der Waals surface area contributed by atoms with E-state index in [9.17, 15) is 18.3 Å². The second-order valence-corrected chi connectivity index (χ2v) is 7.08. The Morgan fingerprint density at radius 1 is 1.36 bits per heavy atom. The second-order valence-electron chi connectivity index (χ2n) is 7.08. The first-order chi connectivity index (χ1) is 11.7. The molecule has 1 saturated heterocycles. The van der Waals surface area contributed by atoms with E-state index in [0.29, 0.717) is 11.6 Å². The van der Waals surface area contributed by atoms with Gasteiger partial charge in [0.1, 0.15) is 0 Å². The number of fused-ring (bicyclic) bond motifs is 1. The van der Waals surface area contributed by atoms with Gasteiger partial charge in [-0.1, -0.05) is 12.1 Å². The van der Waals surface area contributed by atoms with Crippen molar-refractivity contribution in [3.8, 4) is 0 Å². The quantitative estimate of drug-likeness (QED) is 0.868. The van der Waals surface area contributed by atoms with Gasteiger partial charge >= 0.3 is 6.18 Å². The number of halogens is 3. The van der Waals surface area contributed by atoms with E-state index in [1.54, 1.807) is 6.07 Å². The number of hydrogen-bond acceptors (Lipinski definition) is 2. The van der Waals surface area contributed by atoms with Crippen LogP contribution in [0.4, 0.5) is 13.2 Å². The number of nitrogens with one attached hydrogen (secondary N) is 1. The van der Waals surface area contributed by atoms with Gasteiger partial charge in [0.15, 0.2) is 5.60 Å². The maximum Gasteiger partial charge on any atom is 0.420 e. The van der Waals surface area contributed by atoms with E-state index in [1.807, 2.05) is 18.3 Å². The largest absolute Gasteiger partial charge is 0.420 e. The molecule has 2 heterocycles. The van der Waals surface area contributed by atoms with Crippen molar-refractivity contribution in [2.45, 2.75) is 44.0 Å². The molecule has 1 unspecified atom stereocenters. The topological polar surface area (TPSA) is 39.3 Å². The first-order valence-electron chi connectivity index (χ1n) is 8.46. The molecule has 0 bridgehead atoms. The van der Waals surface area contributed by atoms with E-state index in [1.165, 1.54) is 18.1 Å². The lowest BCUT2D eigenvalue weighted by atomic mass is 10.0. The fraction of sp³-hybridized carbons (Fsp3) is 0.474. The smallest absolute Gasteiger partial charge is 0.377 e. The number of likely N-dealkylation sites (tertiary alicyclic amines) is 1. The molecule has 6 heteroatoms. The van der Waals surface area contributed by atoms with E-state index in [0.717, 1.165) is 43.3 Å². The van der Waals surface area contributed by atoms with Crippen molar-refractivity contribution >= 4 is 17.0 Å². The number of aromatic amines is 1. The highest BCUT2D eigenvalue weighted by atomic mass is 19.4. The van der Waals surface area contributed by atoms with Crippen LogP contribution in [0.3, 0.4) is 0 Å². The summed E-state index contributed by atoms with van der Waals surface area (Å²) in [6.07, 6.45) is 2.69. The number of hydrogen-bond donors (Lipinski definition) is 2. The summed E-state index contributed by atoms with van der Waals surface area (Å²) in [6.45, 7) is 1.85. The summed E-state index contributed by atoms with van der Waals surface area (Å²) in [5.74, 6) is 0. The molecule has 2 N–H and O–H groups in total. The number of likely N-dealkylation sites (N-methyl/N-ethyl adjacent to an activating group) is 1. The van der Waals surface area contributed by atoms with Crippen LogP contribution in [0, 0.1) is 0 Å². The third-order valence-electron chi connectivity index (χ3n) is 5.09. The van der Waals surface area contributed by atoms with Crippen molar-refractivity contribution in [2.75, 3.05) is 13.6 Å². The highest BCUT2D eigenvalue weighted by Gasteiger charge is 2.47. The third-order valence-corrected chi connectivity index (χ3v) is 5.09. The number of H-pyrrole nitrogens is 1. The zero-order valence-electron chi connectivity index (χ0n) is 14.4. The Morgan fingerprint density at radius 2 is 2.12 bits per heavy atom. The maximum absolute atomic E-state index is 12.8. The molecule has 25 heavy (non-hydrogen) atoms. The average Bonchev–Trinajstić information content (AvgIpc) is 3.11. The lowest BCUT2D eigenvalue weighted by Crippen LogP contribution is -2.39. The Morgan fingerprint density at radius 3 is 2.76 bits per heavy atom. The van der Waals surface area contributed by atoms with Gasteiger partial charge in [0.05, 0.1) is 0 Å². The molecule has 0 amide bonds. The number of rotatable bonds is 4. The van der Waals surface area contributed by atoms with Gasteiger partial charge in [-0.2, -0.15) is 13.2 Å². The molecule has 2 aromatic rings. The van der Waals surface area contributed by atoms with Crippen LogP contribution in [0.1, 0.15) is 30.9 Å². The first-order valence-corrected chi connectivity index (χ1v) is 8.46. The number of nitrogens with zero attached hydrogens (tertiary/aromatic N) is 1. The summed E-state index contributed by atoms with van der Waals surface area (Å²) < 4.78 is 38.3. The molecule has 2 atom stereocenters. The Kier molecular flexibility index (Phi) is 4.68. The molecule has 0 saturated carbocycles. The standard InChI is InChI=1S/C19H23F3N2O/c1-18(25,19(20,21)22)8-7-13-5-6-17-16(10-13)14(12-23-17)11-15-4-3-9-24(15)2/h5-8,10,12,15,23,25H,3-4,9,11H2,1-2H3/b8-7-/t15-,18?/m1/s1. The van der Waals surface area contributed by atoms with Gasteiger partial charge < -0.3 is 15.0 Å². The van der Waals surface area contributed by atoms with Crippen molar-refractivity contribution in [3.05, 3.63) is 41.6 Å². The highest BCUT2D eigenvalue weighted by molar-refractivity contribution is 5.85. The van der Waals surface area contributed by atoms with E-state index < -0.39 is 11.8 Å². The Labute approximate surface area is 145 Å². The number of aromatic nitrogens is 1. The fourth-order valence-electron chi connectivity index (χ4n) is 3.31. The third kappa shape index (κ3) is 3.75. The van der Waals surface area contributed by atoms with Gasteiger partial charge in [0.25, 0.3) is 0 Å². The van der Waals surface area contributed by atoms with Crippen LogP contribution in [0.15, 0.2) is 30.5 Å². The molecule has 1 aliphatic rings. The van der Waals surface area contributed by atoms with Gasteiger partial charge in [0.2, 0.25) is 0 Å². The zero-order chi connectivity index (χ0) is 18.2. The SMILES string of the molecule is CN1CCC[C@@H]1Cc1c[nH]c2ccc(/C=C\C(C)(O)C(F)(F)F)cc12. The predicted molar refractivity (Wildman–Crippen MR) is 93.4 cm³/mol. The Hall–Kier alpha value is -1.79. The Balaban J connectivity index is 1.85. The zero-order valence-corrected chi connectivity index (χ0v) is 14.4. The van der Waals surface area contributed by atoms with Crippen LogP contribution in [-0.4, -0.2) is 46.4 Å². The Bertz CT molecular complexity index is 777. The lowest BCUT2D eigenvalue weighted by molar-refractivity contribution is -0.232. The van der Waals surface area contributed by atoms with E-state index >= 15 is 0 Å². The van der Waals surface area contributed by atoms with Gasteiger partial charge in [0, 0.05) is 23.1 Å². The molecule has 1 fully saturated rings. The summed E-state index contributed by atoms with van der Waals surface area (Å²) in [6, 6.07) is 5.98. The normalized spacial score (nSPS) is 22.1. The fourth-order valence-corrected chi connectivity index (χ4v) is 3.31. The van der Waals surface area contributed by atoms with Crippen molar-refractivity contribution in [1.82, 2.24) is 9.88 Å².